The smallest absolute Gasteiger partial charge is 0.244 e. The number of carbonyl (C=O) groups is 3. The third-order valence-electron chi connectivity index (χ3n) is 4.42. The van der Waals surface area contributed by atoms with Crippen LogP contribution in [0, 0.1) is 0 Å². The molecule has 1 N–H and O–H groups in total. The molecule has 0 aliphatic carbocycles. The summed E-state index contributed by atoms with van der Waals surface area (Å²) in [5.41, 5.74) is 1.02. The van der Waals surface area contributed by atoms with Crippen LogP contribution in [0.25, 0.3) is 0 Å². The van der Waals surface area contributed by atoms with E-state index in [4.69, 9.17) is 16.3 Å². The molecule has 1 saturated heterocycles. The van der Waals surface area contributed by atoms with Crippen molar-refractivity contribution in [1.82, 2.24) is 9.88 Å². The molecule has 3 amide bonds. The molecule has 0 saturated carbocycles. The highest BCUT2D eigenvalue weighted by atomic mass is 35.5. The lowest BCUT2D eigenvalue weighted by Gasteiger charge is -2.17. The van der Waals surface area contributed by atoms with Gasteiger partial charge < -0.3 is 15.0 Å². The summed E-state index contributed by atoms with van der Waals surface area (Å²) in [6, 6.07) is 4.89. The van der Waals surface area contributed by atoms with Crippen molar-refractivity contribution in [2.45, 2.75) is 19.3 Å². The molecule has 0 bridgehead atoms. The maximum absolute atomic E-state index is 12.5. The van der Waals surface area contributed by atoms with Gasteiger partial charge in [0.25, 0.3) is 0 Å². The molecule has 0 radical (unpaired) electrons. The molecule has 8 nitrogen and oxygen atoms in total. The summed E-state index contributed by atoms with van der Waals surface area (Å²) in [4.78, 5) is 43.9. The average molecular weight is 437 g/mol. The highest BCUT2D eigenvalue weighted by Gasteiger charge is 2.25. The number of halogens is 1. The standard InChI is InChI=1S/C19H21ClN4O4S/c1-23(10-16(25)22-14-8-12(20)5-6-15(14)28-2)18(27)9-13-11-29-19(21-13)24-7-3-4-17(24)26/h5-6,8,11H,3-4,7,9-10H2,1-2H3,(H,22,25). The number of hydrogen-bond acceptors (Lipinski definition) is 6. The Morgan fingerprint density at radius 1 is 1.41 bits per heavy atom. The maximum atomic E-state index is 12.5. The van der Waals surface area contributed by atoms with Crippen LogP contribution in [-0.2, 0) is 20.8 Å². The lowest BCUT2D eigenvalue weighted by molar-refractivity contribution is -0.132. The second-order valence-electron chi connectivity index (χ2n) is 6.59. The van der Waals surface area contributed by atoms with E-state index in [0.29, 0.717) is 40.3 Å². The SMILES string of the molecule is COc1ccc(Cl)cc1NC(=O)CN(C)C(=O)Cc1csc(N2CCCC2=O)n1. The number of ether oxygens (including phenoxy) is 1. The molecule has 2 aromatic rings. The van der Waals surface area contributed by atoms with E-state index in [-0.39, 0.29) is 30.7 Å². The number of methoxy groups -OCH3 is 1. The minimum atomic E-state index is -0.372. The summed E-state index contributed by atoms with van der Waals surface area (Å²) in [6.07, 6.45) is 1.41. The van der Waals surface area contributed by atoms with Crippen LogP contribution in [0.4, 0.5) is 10.8 Å². The predicted molar refractivity (Wildman–Crippen MR) is 112 cm³/mol. The lowest BCUT2D eigenvalue weighted by Crippen LogP contribution is -2.36. The summed E-state index contributed by atoms with van der Waals surface area (Å²) in [6.45, 7) is 0.531. The first-order chi connectivity index (χ1) is 13.9. The van der Waals surface area contributed by atoms with Gasteiger partial charge in [-0.15, -0.1) is 11.3 Å². The first kappa shape index (κ1) is 21.1. The minimum absolute atomic E-state index is 0.0578. The van der Waals surface area contributed by atoms with E-state index in [1.165, 1.54) is 23.3 Å². The van der Waals surface area contributed by atoms with Crippen LogP contribution in [0.3, 0.4) is 0 Å². The summed E-state index contributed by atoms with van der Waals surface area (Å²) >= 11 is 7.30. The van der Waals surface area contributed by atoms with E-state index < -0.39 is 0 Å². The Bertz CT molecular complexity index is 933. The average Bonchev–Trinajstić information content (AvgIpc) is 3.30. The largest absolute Gasteiger partial charge is 0.495 e. The van der Waals surface area contributed by atoms with Crippen molar-refractivity contribution in [3.05, 3.63) is 34.3 Å². The molecule has 3 rings (SSSR count). The van der Waals surface area contributed by atoms with E-state index in [2.05, 4.69) is 10.3 Å². The number of anilines is 2. The Balaban J connectivity index is 1.55. The molecule has 1 aromatic heterocycles. The molecule has 0 atom stereocenters. The number of carbonyl (C=O) groups excluding carboxylic acids is 3. The van der Waals surface area contributed by atoms with E-state index >= 15 is 0 Å². The van der Waals surface area contributed by atoms with E-state index in [9.17, 15) is 14.4 Å². The Morgan fingerprint density at radius 3 is 2.90 bits per heavy atom. The van der Waals surface area contributed by atoms with Gasteiger partial charge in [-0.05, 0) is 24.6 Å². The van der Waals surface area contributed by atoms with Gasteiger partial charge in [-0.25, -0.2) is 4.98 Å². The van der Waals surface area contributed by atoms with Crippen molar-refractivity contribution in [2.75, 3.05) is 37.5 Å². The summed E-state index contributed by atoms with van der Waals surface area (Å²) in [5, 5.41) is 5.54. The fourth-order valence-electron chi connectivity index (χ4n) is 2.91. The number of benzene rings is 1. The lowest BCUT2D eigenvalue weighted by atomic mass is 10.2. The van der Waals surface area contributed by atoms with Crippen molar-refractivity contribution >= 4 is 51.5 Å². The molecule has 2 heterocycles. The molecular weight excluding hydrogens is 416 g/mol. The summed E-state index contributed by atoms with van der Waals surface area (Å²) in [7, 11) is 3.04. The number of aromatic nitrogens is 1. The molecule has 0 spiro atoms. The number of nitrogens with zero attached hydrogens (tertiary/aromatic N) is 3. The quantitative estimate of drug-likeness (QED) is 0.720. The van der Waals surface area contributed by atoms with Gasteiger partial charge in [-0.3, -0.25) is 19.3 Å². The molecule has 1 aliphatic heterocycles. The van der Waals surface area contributed by atoms with Gasteiger partial charge in [0.2, 0.25) is 17.7 Å². The predicted octanol–water partition coefficient (Wildman–Crippen LogP) is 2.57. The van der Waals surface area contributed by atoms with Crippen LogP contribution in [-0.4, -0.2) is 54.9 Å². The molecule has 10 heteroatoms. The molecule has 1 aromatic carbocycles. The number of hydrogen-bond donors (Lipinski definition) is 1. The van der Waals surface area contributed by atoms with E-state index in [0.717, 1.165) is 6.42 Å². The molecule has 29 heavy (non-hydrogen) atoms. The minimum Gasteiger partial charge on any atom is -0.495 e. The second kappa shape index (κ2) is 9.23. The third kappa shape index (κ3) is 5.24. The van der Waals surface area contributed by atoms with Crippen LogP contribution in [0.2, 0.25) is 5.02 Å². The molecule has 1 aliphatic rings. The van der Waals surface area contributed by atoms with Crippen molar-refractivity contribution < 1.29 is 19.1 Å². The van der Waals surface area contributed by atoms with Gasteiger partial charge >= 0.3 is 0 Å². The second-order valence-corrected chi connectivity index (χ2v) is 7.86. The van der Waals surface area contributed by atoms with Crippen LogP contribution in [0.15, 0.2) is 23.6 Å². The Morgan fingerprint density at radius 2 is 2.21 bits per heavy atom. The summed E-state index contributed by atoms with van der Waals surface area (Å²) < 4.78 is 5.20. The van der Waals surface area contributed by atoms with Gasteiger partial charge in [-0.2, -0.15) is 0 Å². The first-order valence-corrected chi connectivity index (χ1v) is 10.2. The summed E-state index contributed by atoms with van der Waals surface area (Å²) in [5.74, 6) is -0.0866. The highest BCUT2D eigenvalue weighted by Crippen LogP contribution is 2.28. The van der Waals surface area contributed by atoms with Gasteiger partial charge in [0.1, 0.15) is 5.75 Å². The zero-order valence-corrected chi connectivity index (χ0v) is 17.7. The zero-order valence-electron chi connectivity index (χ0n) is 16.1. The van der Waals surface area contributed by atoms with Gasteiger partial charge in [0.15, 0.2) is 5.13 Å². The number of amides is 3. The zero-order chi connectivity index (χ0) is 21.0. The highest BCUT2D eigenvalue weighted by molar-refractivity contribution is 7.14. The van der Waals surface area contributed by atoms with Crippen LogP contribution >= 0.6 is 22.9 Å². The van der Waals surface area contributed by atoms with Crippen molar-refractivity contribution in [1.29, 1.82) is 0 Å². The van der Waals surface area contributed by atoms with E-state index in [1.807, 2.05) is 0 Å². The van der Waals surface area contributed by atoms with Gasteiger partial charge in [0.05, 0.1) is 31.5 Å². The number of likely N-dealkylation sites (N-methyl/N-ethyl adjacent to an activating group) is 1. The number of thiazole rings is 1. The van der Waals surface area contributed by atoms with Gasteiger partial charge in [-0.1, -0.05) is 11.6 Å². The van der Waals surface area contributed by atoms with Crippen molar-refractivity contribution in [3.8, 4) is 5.75 Å². The molecule has 0 unspecified atom stereocenters. The Labute approximate surface area is 177 Å². The maximum Gasteiger partial charge on any atom is 0.244 e. The van der Waals surface area contributed by atoms with Gasteiger partial charge in [0, 0.05) is 30.4 Å². The molecular formula is C19H21ClN4O4S. The first-order valence-electron chi connectivity index (χ1n) is 8.99. The fourth-order valence-corrected chi connectivity index (χ4v) is 3.95. The topological polar surface area (TPSA) is 91.8 Å². The van der Waals surface area contributed by atoms with Crippen LogP contribution in [0.1, 0.15) is 18.5 Å². The van der Waals surface area contributed by atoms with Crippen LogP contribution < -0.4 is 15.0 Å². The number of rotatable bonds is 7. The molecule has 154 valence electrons. The van der Waals surface area contributed by atoms with Crippen molar-refractivity contribution in [2.24, 2.45) is 0 Å². The van der Waals surface area contributed by atoms with Crippen LogP contribution in [0.5, 0.6) is 5.75 Å². The normalized spacial score (nSPS) is 13.5. The third-order valence-corrected chi connectivity index (χ3v) is 5.57. The Kier molecular flexibility index (Phi) is 6.71. The monoisotopic (exact) mass is 436 g/mol. The van der Waals surface area contributed by atoms with Crippen molar-refractivity contribution in [3.63, 3.8) is 0 Å². The molecule has 1 fully saturated rings. The number of nitrogens with one attached hydrogen (secondary N) is 1. The Hall–Kier alpha value is -2.65. The fraction of sp³-hybridized carbons (Fsp3) is 0.368. The van der Waals surface area contributed by atoms with E-state index in [1.54, 1.807) is 35.5 Å².